The molecule has 0 bridgehead atoms. The quantitative estimate of drug-likeness (QED) is 0.159. The van der Waals surface area contributed by atoms with Crippen LogP contribution in [-0.2, 0) is 23.9 Å². The molecule has 2 aliphatic rings. The van der Waals surface area contributed by atoms with E-state index in [1.807, 2.05) is 70.2 Å². The van der Waals surface area contributed by atoms with Gasteiger partial charge in [0.25, 0.3) is 0 Å². The molecule has 14 nitrogen and oxygen atoms in total. The molecular formula is C40H49N7O7. The molecule has 14 heteroatoms. The normalized spacial score (nSPS) is 18.2. The first-order valence-corrected chi connectivity index (χ1v) is 18.5. The van der Waals surface area contributed by atoms with Gasteiger partial charge in [-0.25, -0.2) is 14.6 Å². The molecule has 3 aromatic carbocycles. The van der Waals surface area contributed by atoms with E-state index >= 15 is 0 Å². The zero-order valence-electron chi connectivity index (χ0n) is 31.6. The number of anilines is 1. The van der Waals surface area contributed by atoms with Crippen molar-refractivity contribution in [2.24, 2.45) is 11.8 Å². The van der Waals surface area contributed by atoms with Crippen LogP contribution in [0, 0.1) is 11.8 Å². The smallest absolute Gasteiger partial charge is 0.407 e. The highest BCUT2D eigenvalue weighted by atomic mass is 16.5. The third-order valence-corrected chi connectivity index (χ3v) is 10.5. The first-order valence-electron chi connectivity index (χ1n) is 18.5. The standard InChI is InChI=1S/C40H49N7O7/c1-22(2)32(44-39(51)53-5)37(49)46-19-7-9-30(46)35-42-29-18-14-26-21-25(13-17-28(26)34(29)43-35)24-11-15-27(16-12-24)41-36(48)31-10-8-20-47(31)38(50)33(23(3)4)45-40(52)54-6/h11-18,21-23,30-33H,7-10,19-20H2,1-6H3,(H,41,48)(H,42,43)(H,44,51)(H,45,52)/t30-,31-,32-,33-/m0/s1. The Kier molecular flexibility index (Phi) is 11.4. The Morgan fingerprint density at radius 1 is 0.759 bits per heavy atom. The fourth-order valence-corrected chi connectivity index (χ4v) is 7.51. The van der Waals surface area contributed by atoms with Crippen LogP contribution < -0.4 is 16.0 Å². The van der Waals surface area contributed by atoms with E-state index in [9.17, 15) is 24.0 Å². The van der Waals surface area contributed by atoms with Crippen LogP contribution in [-0.4, -0.2) is 95.1 Å². The summed E-state index contributed by atoms with van der Waals surface area (Å²) in [5.41, 5.74) is 4.27. The fraction of sp³-hybridized carbons (Fsp3) is 0.450. The minimum absolute atomic E-state index is 0.122. The summed E-state index contributed by atoms with van der Waals surface area (Å²) in [6.07, 6.45) is 1.49. The Balaban J connectivity index is 1.15. The number of H-pyrrole nitrogens is 1. The van der Waals surface area contributed by atoms with Gasteiger partial charge in [0.2, 0.25) is 17.7 Å². The Morgan fingerprint density at radius 2 is 1.35 bits per heavy atom. The molecule has 3 heterocycles. The van der Waals surface area contributed by atoms with Crippen molar-refractivity contribution in [3.63, 3.8) is 0 Å². The number of imidazole rings is 1. The van der Waals surface area contributed by atoms with Crippen LogP contribution in [0.3, 0.4) is 0 Å². The Morgan fingerprint density at radius 3 is 1.98 bits per heavy atom. The molecule has 6 rings (SSSR count). The Hall–Kier alpha value is -5.66. The Labute approximate surface area is 314 Å². The van der Waals surface area contributed by atoms with Gasteiger partial charge in [-0.05, 0) is 78.3 Å². The van der Waals surface area contributed by atoms with Crippen molar-refractivity contribution >= 4 is 57.4 Å². The van der Waals surface area contributed by atoms with Gasteiger partial charge < -0.3 is 40.2 Å². The van der Waals surface area contributed by atoms with E-state index in [0.29, 0.717) is 37.4 Å². The zero-order valence-corrected chi connectivity index (χ0v) is 31.6. The van der Waals surface area contributed by atoms with Gasteiger partial charge in [0.15, 0.2) is 0 Å². The number of amides is 5. The number of alkyl carbamates (subject to hydrolysis) is 2. The van der Waals surface area contributed by atoms with Crippen molar-refractivity contribution in [2.45, 2.75) is 77.5 Å². The molecule has 5 amide bonds. The second-order valence-corrected chi connectivity index (χ2v) is 14.7. The lowest BCUT2D eigenvalue weighted by atomic mass is 10.0. The number of methoxy groups -OCH3 is 2. The SMILES string of the molecule is COC(=O)N[C@H](C(=O)N1CCC[C@H]1C(=O)Nc1ccc(-c2ccc3c(ccc4nc([C@@H]5CCCN5C(=O)[C@@H](NC(=O)OC)C(C)C)[nH]c43)c2)cc1)C(C)C. The summed E-state index contributed by atoms with van der Waals surface area (Å²) in [5, 5.41) is 10.3. The van der Waals surface area contributed by atoms with Gasteiger partial charge in [-0.1, -0.05) is 58.0 Å². The molecule has 1 aromatic heterocycles. The molecule has 0 saturated carbocycles. The molecule has 54 heavy (non-hydrogen) atoms. The lowest BCUT2D eigenvalue weighted by Gasteiger charge is -2.30. The third-order valence-electron chi connectivity index (χ3n) is 10.5. The lowest BCUT2D eigenvalue weighted by molar-refractivity contribution is -0.139. The maximum absolute atomic E-state index is 13.6. The minimum atomic E-state index is -0.798. The van der Waals surface area contributed by atoms with E-state index in [0.717, 1.165) is 45.8 Å². The van der Waals surface area contributed by atoms with E-state index in [-0.39, 0.29) is 35.6 Å². The molecule has 0 aliphatic carbocycles. The number of benzene rings is 3. The number of aromatic amines is 1. The van der Waals surface area contributed by atoms with Crippen LogP contribution in [0.25, 0.3) is 32.9 Å². The van der Waals surface area contributed by atoms with E-state index < -0.39 is 30.3 Å². The molecule has 2 aliphatic heterocycles. The average Bonchev–Trinajstić information content (AvgIpc) is 3.95. The van der Waals surface area contributed by atoms with Crippen molar-refractivity contribution in [3.8, 4) is 11.1 Å². The van der Waals surface area contributed by atoms with Crippen molar-refractivity contribution in [2.75, 3.05) is 32.6 Å². The summed E-state index contributed by atoms with van der Waals surface area (Å²) in [5.74, 6) is -0.321. The van der Waals surface area contributed by atoms with Crippen LogP contribution in [0.1, 0.15) is 65.2 Å². The number of hydrogen-bond acceptors (Lipinski definition) is 8. The molecular weight excluding hydrogens is 690 g/mol. The maximum atomic E-state index is 13.6. The molecule has 286 valence electrons. The van der Waals surface area contributed by atoms with E-state index in [4.69, 9.17) is 14.5 Å². The Bertz CT molecular complexity index is 2040. The topological polar surface area (TPSA) is 175 Å². The first-order chi connectivity index (χ1) is 25.9. The van der Waals surface area contributed by atoms with Crippen molar-refractivity contribution < 1.29 is 33.4 Å². The summed E-state index contributed by atoms with van der Waals surface area (Å²) < 4.78 is 9.46. The van der Waals surface area contributed by atoms with E-state index in [1.165, 1.54) is 14.2 Å². The van der Waals surface area contributed by atoms with Gasteiger partial charge in [0.1, 0.15) is 23.9 Å². The van der Waals surface area contributed by atoms with E-state index in [1.54, 1.807) is 9.80 Å². The predicted octanol–water partition coefficient (Wildman–Crippen LogP) is 5.74. The predicted molar refractivity (Wildman–Crippen MR) is 204 cm³/mol. The summed E-state index contributed by atoms with van der Waals surface area (Å²) in [7, 11) is 2.53. The summed E-state index contributed by atoms with van der Waals surface area (Å²) in [4.78, 5) is 76.1. The van der Waals surface area contributed by atoms with Gasteiger partial charge in [-0.15, -0.1) is 0 Å². The number of fused-ring (bicyclic) bond motifs is 3. The second kappa shape index (κ2) is 16.1. The molecule has 2 fully saturated rings. The molecule has 0 unspecified atom stereocenters. The summed E-state index contributed by atoms with van der Waals surface area (Å²) in [6, 6.07) is 15.4. The molecule has 4 aromatic rings. The van der Waals surface area contributed by atoms with Crippen LogP contribution >= 0.6 is 0 Å². The van der Waals surface area contributed by atoms with E-state index in [2.05, 4.69) is 33.1 Å². The largest absolute Gasteiger partial charge is 0.453 e. The van der Waals surface area contributed by atoms with Crippen LogP contribution in [0.4, 0.5) is 15.3 Å². The van der Waals surface area contributed by atoms with Crippen molar-refractivity contribution in [1.82, 2.24) is 30.4 Å². The van der Waals surface area contributed by atoms with Gasteiger partial charge in [0.05, 0.1) is 31.3 Å². The summed E-state index contributed by atoms with van der Waals surface area (Å²) in [6.45, 7) is 8.47. The first kappa shape index (κ1) is 38.1. The molecule has 0 radical (unpaired) electrons. The number of likely N-dealkylation sites (tertiary alicyclic amines) is 2. The third kappa shape index (κ3) is 7.82. The number of nitrogens with one attached hydrogen (secondary N) is 4. The van der Waals surface area contributed by atoms with Crippen molar-refractivity contribution in [3.05, 3.63) is 60.4 Å². The van der Waals surface area contributed by atoms with Crippen LogP contribution in [0.2, 0.25) is 0 Å². The number of carbonyl (C=O) groups is 5. The number of nitrogens with zero attached hydrogens (tertiary/aromatic N) is 3. The van der Waals surface area contributed by atoms with Gasteiger partial charge in [-0.2, -0.15) is 0 Å². The molecule has 0 spiro atoms. The molecule has 4 N–H and O–H groups in total. The number of carbonyl (C=O) groups excluding carboxylic acids is 5. The second-order valence-electron chi connectivity index (χ2n) is 14.7. The van der Waals surface area contributed by atoms with Crippen LogP contribution in [0.15, 0.2) is 54.6 Å². The summed E-state index contributed by atoms with van der Waals surface area (Å²) >= 11 is 0. The number of hydrogen-bond donors (Lipinski definition) is 4. The average molecular weight is 740 g/mol. The monoisotopic (exact) mass is 739 g/mol. The highest BCUT2D eigenvalue weighted by Crippen LogP contribution is 2.35. The van der Waals surface area contributed by atoms with Gasteiger partial charge in [-0.3, -0.25) is 14.4 Å². The highest BCUT2D eigenvalue weighted by molar-refractivity contribution is 6.05. The van der Waals surface area contributed by atoms with Crippen LogP contribution in [0.5, 0.6) is 0 Å². The number of ether oxygens (including phenoxy) is 2. The molecule has 4 atom stereocenters. The highest BCUT2D eigenvalue weighted by Gasteiger charge is 2.39. The van der Waals surface area contributed by atoms with Crippen molar-refractivity contribution in [1.29, 1.82) is 0 Å². The maximum Gasteiger partial charge on any atom is 0.407 e. The molecule has 2 saturated heterocycles. The number of aromatic nitrogens is 2. The fourth-order valence-electron chi connectivity index (χ4n) is 7.51. The van der Waals surface area contributed by atoms with Gasteiger partial charge in [0, 0.05) is 24.2 Å². The van der Waals surface area contributed by atoms with Gasteiger partial charge >= 0.3 is 12.2 Å². The zero-order chi connectivity index (χ0) is 38.7. The number of rotatable bonds is 10. The lowest BCUT2D eigenvalue weighted by Crippen LogP contribution is -2.54. The minimum Gasteiger partial charge on any atom is -0.453 e.